The summed E-state index contributed by atoms with van der Waals surface area (Å²) in [4.78, 5) is 23.7. The van der Waals surface area contributed by atoms with Crippen LogP contribution in [0.3, 0.4) is 0 Å². The first-order valence-corrected chi connectivity index (χ1v) is 10.8. The van der Waals surface area contributed by atoms with Crippen molar-refractivity contribution in [1.29, 1.82) is 0 Å². The first-order chi connectivity index (χ1) is 15.2. The molecule has 0 aliphatic carbocycles. The largest absolute Gasteiger partial charge is 0.490 e. The standard InChI is InChI=1S/C24H28N4O3/c1-19-25-13-16-27(19)15-11-23(29)28-14-5-2-6-17-30-21-9-3-4-10-22(21)31-24-20(18-28)8-7-12-26-24/h3-4,7-10,12-13,16H,2,5-6,11,14-15,17-18H2,1H3. The highest BCUT2D eigenvalue weighted by Gasteiger charge is 2.18. The molecule has 31 heavy (non-hydrogen) atoms. The number of hydrogen-bond acceptors (Lipinski definition) is 5. The highest BCUT2D eigenvalue weighted by Crippen LogP contribution is 2.32. The van der Waals surface area contributed by atoms with E-state index in [2.05, 4.69) is 9.97 Å². The highest BCUT2D eigenvalue weighted by molar-refractivity contribution is 5.76. The van der Waals surface area contributed by atoms with Gasteiger partial charge in [-0.2, -0.15) is 0 Å². The number of benzene rings is 1. The van der Waals surface area contributed by atoms with Crippen molar-refractivity contribution in [2.45, 2.75) is 45.7 Å². The lowest BCUT2D eigenvalue weighted by molar-refractivity contribution is -0.132. The number of hydrogen-bond donors (Lipinski definition) is 0. The molecular formula is C24H28N4O3. The van der Waals surface area contributed by atoms with E-state index in [1.165, 1.54) is 0 Å². The third-order valence-electron chi connectivity index (χ3n) is 5.44. The van der Waals surface area contributed by atoms with E-state index in [0.29, 0.717) is 50.0 Å². The number of nitrogens with zero attached hydrogens (tertiary/aromatic N) is 4. The van der Waals surface area contributed by atoms with Crippen molar-refractivity contribution in [3.8, 4) is 17.4 Å². The first-order valence-electron chi connectivity index (χ1n) is 10.8. The van der Waals surface area contributed by atoms with Crippen LogP contribution in [0.15, 0.2) is 55.0 Å². The molecule has 3 aromatic rings. The Balaban J connectivity index is 1.55. The molecule has 1 aromatic carbocycles. The number of carbonyl (C=O) groups is 1. The lowest BCUT2D eigenvalue weighted by Crippen LogP contribution is -2.32. The van der Waals surface area contributed by atoms with Gasteiger partial charge in [0, 0.05) is 43.7 Å². The zero-order valence-electron chi connectivity index (χ0n) is 17.9. The second-order valence-electron chi connectivity index (χ2n) is 7.66. The Hall–Kier alpha value is -3.35. The number of aromatic nitrogens is 3. The number of pyridine rings is 1. The van der Waals surface area contributed by atoms with Gasteiger partial charge in [-0.3, -0.25) is 4.79 Å². The van der Waals surface area contributed by atoms with Crippen molar-refractivity contribution >= 4 is 5.91 Å². The second-order valence-corrected chi connectivity index (χ2v) is 7.66. The van der Waals surface area contributed by atoms with E-state index >= 15 is 0 Å². The van der Waals surface area contributed by atoms with Crippen molar-refractivity contribution in [1.82, 2.24) is 19.4 Å². The van der Waals surface area contributed by atoms with Crippen LogP contribution in [0.2, 0.25) is 0 Å². The molecule has 3 heterocycles. The molecule has 0 radical (unpaired) electrons. The van der Waals surface area contributed by atoms with E-state index < -0.39 is 0 Å². The molecule has 7 nitrogen and oxygen atoms in total. The van der Waals surface area contributed by atoms with Crippen molar-refractivity contribution in [2.24, 2.45) is 0 Å². The lowest BCUT2D eigenvalue weighted by atomic mass is 10.2. The number of ether oxygens (including phenoxy) is 2. The minimum absolute atomic E-state index is 0.120. The Morgan fingerprint density at radius 3 is 2.74 bits per heavy atom. The van der Waals surface area contributed by atoms with E-state index in [-0.39, 0.29) is 5.91 Å². The van der Waals surface area contributed by atoms with Crippen LogP contribution >= 0.6 is 0 Å². The van der Waals surface area contributed by atoms with Crippen LogP contribution in [0.5, 0.6) is 17.4 Å². The van der Waals surface area contributed by atoms with Gasteiger partial charge in [0.15, 0.2) is 11.5 Å². The maximum absolute atomic E-state index is 13.1. The summed E-state index contributed by atoms with van der Waals surface area (Å²) in [5, 5.41) is 0. The van der Waals surface area contributed by atoms with Gasteiger partial charge < -0.3 is 18.9 Å². The minimum atomic E-state index is 0.120. The summed E-state index contributed by atoms with van der Waals surface area (Å²) < 4.78 is 14.1. The molecule has 1 aliphatic rings. The predicted molar refractivity (Wildman–Crippen MR) is 117 cm³/mol. The van der Waals surface area contributed by atoms with Gasteiger partial charge in [0.2, 0.25) is 11.8 Å². The van der Waals surface area contributed by atoms with Crippen LogP contribution < -0.4 is 9.47 Å². The molecule has 1 aliphatic heterocycles. The number of imidazole rings is 1. The molecule has 7 heteroatoms. The Kier molecular flexibility index (Phi) is 6.82. The van der Waals surface area contributed by atoms with Gasteiger partial charge in [0.1, 0.15) is 5.82 Å². The van der Waals surface area contributed by atoms with E-state index in [1.54, 1.807) is 12.4 Å². The molecule has 0 atom stereocenters. The zero-order valence-corrected chi connectivity index (χ0v) is 17.9. The molecule has 0 bridgehead atoms. The van der Waals surface area contributed by atoms with Crippen molar-refractivity contribution < 1.29 is 14.3 Å². The average Bonchev–Trinajstić information content (AvgIpc) is 3.20. The normalized spacial score (nSPS) is 14.7. The van der Waals surface area contributed by atoms with Crippen LogP contribution in [0.4, 0.5) is 0 Å². The van der Waals surface area contributed by atoms with Crippen molar-refractivity contribution in [3.63, 3.8) is 0 Å². The number of amides is 1. The van der Waals surface area contributed by atoms with E-state index in [0.717, 1.165) is 30.7 Å². The van der Waals surface area contributed by atoms with Crippen LogP contribution in [-0.4, -0.2) is 38.5 Å². The number of para-hydroxylation sites is 2. The summed E-state index contributed by atoms with van der Waals surface area (Å²) in [5.41, 5.74) is 0.878. The fraction of sp³-hybridized carbons (Fsp3) is 0.375. The summed E-state index contributed by atoms with van der Waals surface area (Å²) >= 11 is 0. The number of rotatable bonds is 3. The maximum Gasteiger partial charge on any atom is 0.224 e. The summed E-state index contributed by atoms with van der Waals surface area (Å²) in [6.07, 6.45) is 8.65. The summed E-state index contributed by atoms with van der Waals surface area (Å²) in [6, 6.07) is 11.5. The molecule has 1 amide bonds. The molecule has 0 saturated heterocycles. The highest BCUT2D eigenvalue weighted by atomic mass is 16.5. The first kappa shape index (κ1) is 20.9. The molecule has 4 rings (SSSR count). The Morgan fingerprint density at radius 1 is 1.03 bits per heavy atom. The minimum Gasteiger partial charge on any atom is -0.490 e. The fourth-order valence-electron chi connectivity index (χ4n) is 3.67. The van der Waals surface area contributed by atoms with E-state index in [1.807, 2.05) is 59.0 Å². The van der Waals surface area contributed by atoms with Gasteiger partial charge in [-0.1, -0.05) is 18.2 Å². The average molecular weight is 421 g/mol. The molecule has 0 spiro atoms. The maximum atomic E-state index is 13.1. The molecule has 0 fully saturated rings. The van der Waals surface area contributed by atoms with Crippen molar-refractivity contribution in [3.05, 3.63) is 66.4 Å². The number of fused-ring (bicyclic) bond motifs is 2. The molecule has 0 saturated carbocycles. The summed E-state index contributed by atoms with van der Waals surface area (Å²) in [6.45, 7) is 4.35. The van der Waals surface area contributed by atoms with E-state index in [9.17, 15) is 4.79 Å². The van der Waals surface area contributed by atoms with E-state index in [4.69, 9.17) is 9.47 Å². The second kappa shape index (κ2) is 10.1. The third kappa shape index (κ3) is 5.42. The van der Waals surface area contributed by atoms with Gasteiger partial charge in [-0.05, 0) is 44.4 Å². The quantitative estimate of drug-likeness (QED) is 0.630. The van der Waals surface area contributed by atoms with Gasteiger partial charge in [0.25, 0.3) is 0 Å². The van der Waals surface area contributed by atoms with Gasteiger partial charge in [0.05, 0.1) is 13.2 Å². The third-order valence-corrected chi connectivity index (χ3v) is 5.44. The molecule has 2 aromatic heterocycles. The Bertz CT molecular complexity index is 1020. The van der Waals surface area contributed by atoms with Crippen LogP contribution in [-0.2, 0) is 17.9 Å². The SMILES string of the molecule is Cc1nccn1CCC(=O)N1CCCCCOc2ccccc2Oc2ncccc2C1. The Labute approximate surface area is 182 Å². The van der Waals surface area contributed by atoms with Crippen molar-refractivity contribution in [2.75, 3.05) is 13.2 Å². The summed E-state index contributed by atoms with van der Waals surface area (Å²) in [5.74, 6) is 2.88. The van der Waals surface area contributed by atoms with Crippen LogP contribution in [0, 0.1) is 6.92 Å². The van der Waals surface area contributed by atoms with Crippen LogP contribution in [0.25, 0.3) is 0 Å². The van der Waals surface area contributed by atoms with Gasteiger partial charge in [-0.25, -0.2) is 9.97 Å². The topological polar surface area (TPSA) is 69.5 Å². The molecule has 0 N–H and O–H groups in total. The van der Waals surface area contributed by atoms with Gasteiger partial charge in [-0.15, -0.1) is 0 Å². The predicted octanol–water partition coefficient (Wildman–Crippen LogP) is 4.36. The smallest absolute Gasteiger partial charge is 0.224 e. The number of aryl methyl sites for hydroxylation is 2. The molecule has 162 valence electrons. The van der Waals surface area contributed by atoms with Crippen LogP contribution in [0.1, 0.15) is 37.1 Å². The number of carbonyl (C=O) groups excluding carboxylic acids is 1. The molecule has 0 unspecified atom stereocenters. The molecular weight excluding hydrogens is 392 g/mol. The lowest BCUT2D eigenvalue weighted by Gasteiger charge is -2.24. The Morgan fingerprint density at radius 2 is 1.90 bits per heavy atom. The zero-order chi connectivity index (χ0) is 21.5. The summed E-state index contributed by atoms with van der Waals surface area (Å²) in [7, 11) is 0. The monoisotopic (exact) mass is 420 g/mol. The fourth-order valence-corrected chi connectivity index (χ4v) is 3.67. The van der Waals surface area contributed by atoms with Gasteiger partial charge >= 0.3 is 0 Å².